The van der Waals surface area contributed by atoms with Crippen LogP contribution in [0, 0.1) is 0 Å². The van der Waals surface area contributed by atoms with E-state index < -0.39 is 22.8 Å². The van der Waals surface area contributed by atoms with Crippen molar-refractivity contribution in [2.75, 3.05) is 26.3 Å². The zero-order chi connectivity index (χ0) is 15.9. The maximum absolute atomic E-state index is 11.9. The van der Waals surface area contributed by atoms with Crippen LogP contribution in [-0.2, 0) is 21.3 Å². The SMILES string of the molecule is CCNCc1csc(S(=O)(=O)NCCOCC(F)(F)F)c1. The van der Waals surface area contributed by atoms with Gasteiger partial charge in [0.15, 0.2) is 0 Å². The predicted molar refractivity (Wildman–Crippen MR) is 73.8 cm³/mol. The molecular formula is C11H17F3N2O3S2. The topological polar surface area (TPSA) is 67.4 Å². The molecule has 0 aromatic carbocycles. The van der Waals surface area contributed by atoms with Gasteiger partial charge in [0.1, 0.15) is 10.8 Å². The van der Waals surface area contributed by atoms with Crippen LogP contribution in [0.3, 0.4) is 0 Å². The lowest BCUT2D eigenvalue weighted by atomic mass is 10.3. The van der Waals surface area contributed by atoms with Gasteiger partial charge in [0, 0.05) is 13.1 Å². The molecule has 0 fully saturated rings. The number of hydrogen-bond donors (Lipinski definition) is 2. The van der Waals surface area contributed by atoms with Crippen molar-refractivity contribution in [3.05, 3.63) is 17.0 Å². The molecule has 0 saturated heterocycles. The molecule has 1 aromatic rings. The molecular weight excluding hydrogens is 329 g/mol. The van der Waals surface area contributed by atoms with Crippen LogP contribution in [0.5, 0.6) is 0 Å². The summed E-state index contributed by atoms with van der Waals surface area (Å²) in [6, 6.07) is 1.53. The van der Waals surface area contributed by atoms with E-state index in [0.29, 0.717) is 6.54 Å². The molecule has 0 atom stereocenters. The van der Waals surface area contributed by atoms with Crippen molar-refractivity contribution in [1.29, 1.82) is 0 Å². The van der Waals surface area contributed by atoms with Crippen molar-refractivity contribution in [2.24, 2.45) is 0 Å². The minimum absolute atomic E-state index is 0.131. The Kier molecular flexibility index (Phi) is 7.07. The number of ether oxygens (including phenoxy) is 1. The zero-order valence-corrected chi connectivity index (χ0v) is 13.0. The molecule has 1 aromatic heterocycles. The molecule has 122 valence electrons. The first kappa shape index (κ1) is 18.4. The minimum atomic E-state index is -4.41. The second-order valence-electron chi connectivity index (χ2n) is 4.12. The van der Waals surface area contributed by atoms with Crippen LogP contribution in [-0.4, -0.2) is 40.9 Å². The summed E-state index contributed by atoms with van der Waals surface area (Å²) in [7, 11) is -3.70. The molecule has 0 aliphatic heterocycles. The van der Waals surface area contributed by atoms with Gasteiger partial charge in [-0.25, -0.2) is 13.1 Å². The second kappa shape index (κ2) is 8.08. The highest BCUT2D eigenvalue weighted by Crippen LogP contribution is 2.20. The molecule has 1 heterocycles. The van der Waals surface area contributed by atoms with Gasteiger partial charge in [0.25, 0.3) is 0 Å². The van der Waals surface area contributed by atoms with Crippen LogP contribution in [0.15, 0.2) is 15.7 Å². The average molecular weight is 346 g/mol. The number of thiophene rings is 1. The predicted octanol–water partition coefficient (Wildman–Crippen LogP) is 1.71. The van der Waals surface area contributed by atoms with Gasteiger partial charge < -0.3 is 10.1 Å². The third-order valence-corrected chi connectivity index (χ3v) is 5.23. The third-order valence-electron chi connectivity index (χ3n) is 2.28. The lowest BCUT2D eigenvalue weighted by Crippen LogP contribution is -2.28. The van der Waals surface area contributed by atoms with Crippen LogP contribution in [0.25, 0.3) is 0 Å². The van der Waals surface area contributed by atoms with Gasteiger partial charge in [-0.05, 0) is 23.6 Å². The average Bonchev–Trinajstić information content (AvgIpc) is 2.84. The van der Waals surface area contributed by atoms with Crippen LogP contribution < -0.4 is 10.0 Å². The van der Waals surface area contributed by atoms with Crippen molar-refractivity contribution < 1.29 is 26.3 Å². The maximum Gasteiger partial charge on any atom is 0.411 e. The van der Waals surface area contributed by atoms with Crippen LogP contribution in [0.2, 0.25) is 0 Å². The Morgan fingerprint density at radius 1 is 1.38 bits per heavy atom. The molecule has 21 heavy (non-hydrogen) atoms. The molecule has 0 aliphatic carbocycles. The van der Waals surface area contributed by atoms with Gasteiger partial charge in [-0.15, -0.1) is 11.3 Å². The van der Waals surface area contributed by atoms with Crippen molar-refractivity contribution in [3.8, 4) is 0 Å². The van der Waals surface area contributed by atoms with Crippen molar-refractivity contribution in [1.82, 2.24) is 10.0 Å². The summed E-state index contributed by atoms with van der Waals surface area (Å²) in [5.41, 5.74) is 0.843. The summed E-state index contributed by atoms with van der Waals surface area (Å²) in [4.78, 5) is 0. The monoisotopic (exact) mass is 346 g/mol. The number of alkyl halides is 3. The fraction of sp³-hybridized carbons (Fsp3) is 0.636. The van der Waals surface area contributed by atoms with Crippen molar-refractivity contribution >= 4 is 21.4 Å². The van der Waals surface area contributed by atoms with E-state index in [1.165, 1.54) is 6.07 Å². The summed E-state index contributed by atoms with van der Waals surface area (Å²) in [6.07, 6.45) is -4.41. The molecule has 0 spiro atoms. The molecule has 0 bridgehead atoms. The molecule has 10 heteroatoms. The minimum Gasteiger partial charge on any atom is -0.371 e. The molecule has 5 nitrogen and oxygen atoms in total. The van der Waals surface area contributed by atoms with E-state index in [-0.39, 0.29) is 17.4 Å². The largest absolute Gasteiger partial charge is 0.411 e. The number of halogens is 3. The van der Waals surface area contributed by atoms with E-state index in [4.69, 9.17) is 0 Å². The lowest BCUT2D eigenvalue weighted by molar-refractivity contribution is -0.173. The summed E-state index contributed by atoms with van der Waals surface area (Å²) in [6.45, 7) is 1.34. The standard InChI is InChI=1S/C11H17F3N2O3S2/c1-2-15-6-9-5-10(20-7-9)21(17,18)16-3-4-19-8-11(12,13)14/h5,7,15-16H,2-4,6,8H2,1H3. The number of nitrogens with one attached hydrogen (secondary N) is 2. The lowest BCUT2D eigenvalue weighted by Gasteiger charge is -2.08. The van der Waals surface area contributed by atoms with E-state index in [1.54, 1.807) is 5.38 Å². The van der Waals surface area contributed by atoms with Gasteiger partial charge in [-0.1, -0.05) is 6.92 Å². The van der Waals surface area contributed by atoms with Crippen molar-refractivity contribution in [3.63, 3.8) is 0 Å². The van der Waals surface area contributed by atoms with Crippen LogP contribution in [0.1, 0.15) is 12.5 Å². The molecule has 0 radical (unpaired) electrons. The normalized spacial score (nSPS) is 12.8. The van der Waals surface area contributed by atoms with Crippen LogP contribution in [0.4, 0.5) is 13.2 Å². The Labute approximate surface area is 125 Å². The van der Waals surface area contributed by atoms with E-state index in [0.717, 1.165) is 23.4 Å². The van der Waals surface area contributed by atoms with Gasteiger partial charge in [-0.3, -0.25) is 0 Å². The molecule has 0 saturated carbocycles. The second-order valence-corrected chi connectivity index (χ2v) is 7.02. The number of sulfonamides is 1. The molecule has 0 aliphatic rings. The summed E-state index contributed by atoms with van der Waals surface area (Å²) < 4.78 is 65.9. The quantitative estimate of drug-likeness (QED) is 0.668. The summed E-state index contributed by atoms with van der Waals surface area (Å²) in [5, 5.41) is 4.79. The first-order chi connectivity index (χ1) is 9.74. The third kappa shape index (κ3) is 7.23. The zero-order valence-electron chi connectivity index (χ0n) is 11.4. The molecule has 1 rings (SSSR count). The Morgan fingerprint density at radius 2 is 2.10 bits per heavy atom. The van der Waals surface area contributed by atoms with E-state index in [9.17, 15) is 21.6 Å². The van der Waals surface area contributed by atoms with Gasteiger partial charge >= 0.3 is 6.18 Å². The highest BCUT2D eigenvalue weighted by molar-refractivity contribution is 7.91. The van der Waals surface area contributed by atoms with Gasteiger partial charge in [0.05, 0.1) is 6.61 Å². The molecule has 0 amide bonds. The highest BCUT2D eigenvalue weighted by atomic mass is 32.2. The summed E-state index contributed by atoms with van der Waals surface area (Å²) in [5.74, 6) is 0. The fourth-order valence-electron chi connectivity index (χ4n) is 1.36. The Hall–Kier alpha value is -0.680. The Balaban J connectivity index is 2.41. The van der Waals surface area contributed by atoms with Crippen molar-refractivity contribution in [2.45, 2.75) is 23.9 Å². The fourth-order valence-corrected chi connectivity index (χ4v) is 3.63. The Morgan fingerprint density at radius 3 is 2.71 bits per heavy atom. The first-order valence-corrected chi connectivity index (χ1v) is 8.53. The summed E-state index contributed by atoms with van der Waals surface area (Å²) >= 11 is 1.06. The van der Waals surface area contributed by atoms with Crippen LogP contribution >= 0.6 is 11.3 Å². The first-order valence-electron chi connectivity index (χ1n) is 6.17. The number of hydrogen-bond acceptors (Lipinski definition) is 5. The number of rotatable bonds is 9. The van der Waals surface area contributed by atoms with E-state index >= 15 is 0 Å². The molecule has 0 unspecified atom stereocenters. The van der Waals surface area contributed by atoms with E-state index in [2.05, 4.69) is 14.8 Å². The van der Waals surface area contributed by atoms with E-state index in [1.807, 2.05) is 6.92 Å². The molecule has 2 N–H and O–H groups in total. The van der Waals surface area contributed by atoms with Gasteiger partial charge in [-0.2, -0.15) is 13.2 Å². The highest BCUT2D eigenvalue weighted by Gasteiger charge is 2.27. The van der Waals surface area contributed by atoms with Gasteiger partial charge in [0.2, 0.25) is 10.0 Å². The maximum atomic E-state index is 11.9. The Bertz CT molecular complexity index is 529. The smallest absolute Gasteiger partial charge is 0.371 e.